The number of amides is 3. The van der Waals surface area contributed by atoms with Crippen LogP contribution in [0.15, 0.2) is 101 Å². The summed E-state index contributed by atoms with van der Waals surface area (Å²) in [4.78, 5) is 42.4. The van der Waals surface area contributed by atoms with Crippen molar-refractivity contribution in [1.29, 1.82) is 0 Å². The number of nitrogens with zero attached hydrogens (tertiary/aromatic N) is 2. The van der Waals surface area contributed by atoms with Crippen LogP contribution in [0, 0.1) is 12.7 Å². The molecule has 38 heavy (non-hydrogen) atoms. The number of hydrogen-bond donors (Lipinski definition) is 1. The van der Waals surface area contributed by atoms with E-state index in [-0.39, 0.29) is 37.3 Å². The Bertz CT molecular complexity index is 1520. The fourth-order valence-electron chi connectivity index (χ4n) is 4.03. The van der Waals surface area contributed by atoms with Crippen LogP contribution in [-0.2, 0) is 17.9 Å². The fourth-order valence-corrected chi connectivity index (χ4v) is 4.03. The van der Waals surface area contributed by atoms with Crippen LogP contribution in [0.1, 0.15) is 16.7 Å². The summed E-state index contributed by atoms with van der Waals surface area (Å²) in [5.74, 6) is -0.988. The number of aryl methyl sites for hydroxylation is 1. The van der Waals surface area contributed by atoms with Gasteiger partial charge in [-0.1, -0.05) is 60.2 Å². The van der Waals surface area contributed by atoms with Crippen LogP contribution in [0.3, 0.4) is 0 Å². The molecule has 194 valence electrons. The Morgan fingerprint density at radius 1 is 1.00 bits per heavy atom. The third kappa shape index (κ3) is 6.34. The van der Waals surface area contributed by atoms with Crippen molar-refractivity contribution in [2.75, 3.05) is 18.4 Å². The maximum Gasteiger partial charge on any atom is 0.322 e. The maximum absolute atomic E-state index is 14.1. The van der Waals surface area contributed by atoms with Crippen LogP contribution >= 0.6 is 0 Å². The van der Waals surface area contributed by atoms with Crippen molar-refractivity contribution in [2.45, 2.75) is 20.0 Å². The molecular weight excluding hydrogens is 485 g/mol. The number of halogens is 1. The largest absolute Gasteiger partial charge is 0.464 e. The Balaban J connectivity index is 1.60. The molecule has 0 aliphatic heterocycles. The van der Waals surface area contributed by atoms with Crippen LogP contribution in [0.5, 0.6) is 0 Å². The molecule has 0 aliphatic carbocycles. The zero-order chi connectivity index (χ0) is 27.1. The normalized spacial score (nSPS) is 10.7. The van der Waals surface area contributed by atoms with Crippen LogP contribution in [0.2, 0.25) is 0 Å². The number of benzene rings is 3. The van der Waals surface area contributed by atoms with E-state index in [0.29, 0.717) is 16.5 Å². The highest BCUT2D eigenvalue weighted by Gasteiger charge is 2.23. The summed E-state index contributed by atoms with van der Waals surface area (Å²) in [7, 11) is 0. The Labute approximate surface area is 219 Å². The zero-order valence-corrected chi connectivity index (χ0v) is 21.0. The smallest absolute Gasteiger partial charge is 0.322 e. The second-order valence-electron chi connectivity index (χ2n) is 8.90. The minimum Gasteiger partial charge on any atom is -0.464 e. The van der Waals surface area contributed by atoms with E-state index in [4.69, 9.17) is 4.42 Å². The van der Waals surface area contributed by atoms with E-state index < -0.39 is 17.8 Å². The van der Waals surface area contributed by atoms with Gasteiger partial charge in [-0.3, -0.25) is 9.59 Å². The molecule has 0 atom stereocenters. The molecule has 1 N–H and O–H groups in total. The topological polar surface area (TPSA) is 82.9 Å². The lowest BCUT2D eigenvalue weighted by Gasteiger charge is -2.27. The lowest BCUT2D eigenvalue weighted by molar-refractivity contribution is -0.133. The maximum atomic E-state index is 14.1. The van der Waals surface area contributed by atoms with Gasteiger partial charge in [-0.2, -0.15) is 0 Å². The predicted molar refractivity (Wildman–Crippen MR) is 145 cm³/mol. The number of fused-ring (bicyclic) bond motifs is 1. The molecule has 4 aromatic rings. The van der Waals surface area contributed by atoms with Crippen molar-refractivity contribution in [1.82, 2.24) is 9.80 Å². The Morgan fingerprint density at radius 3 is 2.47 bits per heavy atom. The van der Waals surface area contributed by atoms with E-state index in [0.717, 1.165) is 11.1 Å². The molecule has 1 aromatic heterocycles. The van der Waals surface area contributed by atoms with Gasteiger partial charge in [-0.25, -0.2) is 9.18 Å². The van der Waals surface area contributed by atoms with Gasteiger partial charge in [0.2, 0.25) is 5.91 Å². The molecule has 4 rings (SSSR count). The van der Waals surface area contributed by atoms with E-state index >= 15 is 0 Å². The van der Waals surface area contributed by atoms with Gasteiger partial charge >= 0.3 is 6.03 Å². The molecule has 8 heteroatoms. The summed E-state index contributed by atoms with van der Waals surface area (Å²) in [6.45, 7) is 5.50. The van der Waals surface area contributed by atoms with Crippen LogP contribution in [0.25, 0.3) is 11.0 Å². The second kappa shape index (κ2) is 12.0. The van der Waals surface area contributed by atoms with Gasteiger partial charge in [0.15, 0.2) is 5.43 Å². The average molecular weight is 514 g/mol. The second-order valence-corrected chi connectivity index (χ2v) is 8.90. The first-order valence-corrected chi connectivity index (χ1v) is 12.1. The van der Waals surface area contributed by atoms with Gasteiger partial charge < -0.3 is 19.5 Å². The number of carbonyl (C=O) groups is 2. The molecule has 0 fully saturated rings. The van der Waals surface area contributed by atoms with Gasteiger partial charge in [-0.15, -0.1) is 6.58 Å². The van der Waals surface area contributed by atoms with Crippen molar-refractivity contribution in [2.24, 2.45) is 0 Å². The minimum atomic E-state index is -0.649. The highest BCUT2D eigenvalue weighted by Crippen LogP contribution is 2.17. The molecule has 3 amide bonds. The highest BCUT2D eigenvalue weighted by atomic mass is 19.1. The fraction of sp³-hybridized carbons (Fsp3) is 0.167. The zero-order valence-electron chi connectivity index (χ0n) is 21.0. The van der Waals surface area contributed by atoms with Crippen molar-refractivity contribution < 1.29 is 18.4 Å². The van der Waals surface area contributed by atoms with E-state index in [2.05, 4.69) is 11.9 Å². The molecule has 3 aromatic carbocycles. The average Bonchev–Trinajstić information content (AvgIpc) is 2.91. The van der Waals surface area contributed by atoms with Gasteiger partial charge in [0, 0.05) is 13.1 Å². The third-order valence-electron chi connectivity index (χ3n) is 6.01. The number of urea groups is 1. The number of para-hydroxylation sites is 1. The number of nitrogens with one attached hydrogen (secondary N) is 1. The highest BCUT2D eigenvalue weighted by molar-refractivity contribution is 5.92. The van der Waals surface area contributed by atoms with Crippen LogP contribution in [-0.4, -0.2) is 34.8 Å². The van der Waals surface area contributed by atoms with E-state index in [1.165, 1.54) is 40.3 Å². The molecule has 0 saturated carbocycles. The molecule has 1 heterocycles. The number of carbonyl (C=O) groups excluding carboxylic acids is 2. The molecule has 0 radical (unpaired) electrons. The van der Waals surface area contributed by atoms with Gasteiger partial charge in [-0.05, 0) is 36.8 Å². The molecule has 0 bridgehead atoms. The quantitative estimate of drug-likeness (QED) is 0.300. The van der Waals surface area contributed by atoms with Crippen LogP contribution in [0.4, 0.5) is 14.9 Å². The molecule has 7 nitrogen and oxygen atoms in total. The lowest BCUT2D eigenvalue weighted by Crippen LogP contribution is -2.44. The Morgan fingerprint density at radius 2 is 1.74 bits per heavy atom. The number of rotatable bonds is 9. The Kier molecular flexibility index (Phi) is 8.33. The molecule has 0 spiro atoms. The molecule has 0 saturated heterocycles. The minimum absolute atomic E-state index is 0.00391. The standard InChI is InChI=1S/C30H28FN3O4/c1-3-15-33(30(37)32-26-12-8-7-11-25(26)31)19-28(35)34(17-22-9-5-4-6-10-22)18-23-20-38-27-14-13-21(2)16-24(27)29(23)36/h3-14,16,20H,1,15,17-19H2,2H3,(H,32,37). The monoisotopic (exact) mass is 513 g/mol. The van der Waals surface area contributed by atoms with E-state index in [1.807, 2.05) is 43.3 Å². The molecular formula is C30H28FN3O4. The van der Waals surface area contributed by atoms with Crippen molar-refractivity contribution in [3.63, 3.8) is 0 Å². The van der Waals surface area contributed by atoms with Gasteiger partial charge in [0.25, 0.3) is 0 Å². The molecule has 0 aliphatic rings. The van der Waals surface area contributed by atoms with Crippen molar-refractivity contribution >= 4 is 28.6 Å². The van der Waals surface area contributed by atoms with Gasteiger partial charge in [0.05, 0.1) is 29.4 Å². The number of anilines is 1. The summed E-state index contributed by atoms with van der Waals surface area (Å²) < 4.78 is 19.8. The summed E-state index contributed by atoms with van der Waals surface area (Å²) >= 11 is 0. The Hall–Kier alpha value is -4.72. The summed E-state index contributed by atoms with van der Waals surface area (Å²) in [5.41, 5.74) is 2.34. The first-order chi connectivity index (χ1) is 18.4. The lowest BCUT2D eigenvalue weighted by atomic mass is 10.1. The summed E-state index contributed by atoms with van der Waals surface area (Å²) in [5, 5.41) is 2.94. The van der Waals surface area contributed by atoms with Crippen molar-refractivity contribution in [3.05, 3.63) is 124 Å². The first kappa shape index (κ1) is 26.3. The van der Waals surface area contributed by atoms with Crippen molar-refractivity contribution in [3.8, 4) is 0 Å². The predicted octanol–water partition coefficient (Wildman–Crippen LogP) is 5.49. The van der Waals surface area contributed by atoms with E-state index in [9.17, 15) is 18.8 Å². The molecule has 0 unspecified atom stereocenters. The first-order valence-electron chi connectivity index (χ1n) is 12.1. The van der Waals surface area contributed by atoms with E-state index in [1.54, 1.807) is 18.2 Å². The van der Waals surface area contributed by atoms with Gasteiger partial charge in [0.1, 0.15) is 17.9 Å². The summed E-state index contributed by atoms with van der Waals surface area (Å²) in [6, 6.07) is 19.8. The SMILES string of the molecule is C=CCN(CC(=O)N(Cc1ccccc1)Cc1coc2ccc(C)cc2c1=O)C(=O)Nc1ccccc1F. The van der Waals surface area contributed by atoms with Crippen LogP contribution < -0.4 is 10.7 Å². The number of hydrogen-bond acceptors (Lipinski definition) is 4. The third-order valence-corrected chi connectivity index (χ3v) is 6.01. The summed E-state index contributed by atoms with van der Waals surface area (Å²) in [6.07, 6.45) is 2.85.